The molecule has 3 rings (SSSR count). The van der Waals surface area contributed by atoms with Gasteiger partial charge in [-0.05, 0) is 69.8 Å². The van der Waals surface area contributed by atoms with E-state index < -0.39 is 0 Å². The molecule has 2 N–H and O–H groups in total. The molecule has 1 aliphatic carbocycles. The summed E-state index contributed by atoms with van der Waals surface area (Å²) in [5.41, 5.74) is 1.12. The highest BCUT2D eigenvalue weighted by molar-refractivity contribution is 5.81. The first-order valence-electron chi connectivity index (χ1n) is 11.6. The zero-order chi connectivity index (χ0) is 22.2. The van der Waals surface area contributed by atoms with Crippen molar-refractivity contribution in [1.29, 1.82) is 0 Å². The van der Waals surface area contributed by atoms with Gasteiger partial charge in [-0.3, -0.25) is 4.79 Å². The molecule has 0 aromatic heterocycles. The molecule has 31 heavy (non-hydrogen) atoms. The first kappa shape index (κ1) is 23.5. The molecule has 3 atom stereocenters. The molecular weight excluding hydrogens is 395 g/mol. The molecule has 0 spiro atoms. The highest BCUT2D eigenvalue weighted by Crippen LogP contribution is 2.29. The van der Waals surface area contributed by atoms with Gasteiger partial charge in [-0.1, -0.05) is 25.0 Å². The third-order valence-corrected chi connectivity index (χ3v) is 6.51. The minimum atomic E-state index is -0.217. The standard InChI is InChI=1S/C24H37FN4O2/c1-28(2)15-13-26-24(31)27-22-8-4-3-7-21(22)23(30)29-14-5-6-19(17-29)16-18-9-11-20(25)12-10-18/h9-12,19,21-22H,3-8,13-17H2,1-2H3,(H2,26,27,31)/t19-,21+,22+/m0/s1. The Morgan fingerprint density at radius 1 is 1.10 bits per heavy atom. The minimum Gasteiger partial charge on any atom is -0.342 e. The number of rotatable bonds is 7. The van der Waals surface area contributed by atoms with Crippen LogP contribution in [0.5, 0.6) is 0 Å². The van der Waals surface area contributed by atoms with Crippen LogP contribution in [0.2, 0.25) is 0 Å². The fourth-order valence-corrected chi connectivity index (χ4v) is 4.83. The van der Waals surface area contributed by atoms with Gasteiger partial charge in [0.2, 0.25) is 5.91 Å². The van der Waals surface area contributed by atoms with Crippen molar-refractivity contribution < 1.29 is 14.0 Å². The van der Waals surface area contributed by atoms with Crippen molar-refractivity contribution >= 4 is 11.9 Å². The SMILES string of the molecule is CN(C)CCNC(=O)N[C@@H]1CCCC[C@H]1C(=O)N1CCC[C@@H](Cc2ccc(F)cc2)C1. The van der Waals surface area contributed by atoms with Crippen LogP contribution in [0, 0.1) is 17.7 Å². The van der Waals surface area contributed by atoms with E-state index in [9.17, 15) is 14.0 Å². The maximum atomic E-state index is 13.4. The van der Waals surface area contributed by atoms with Crippen LogP contribution in [0.25, 0.3) is 0 Å². The molecule has 2 fully saturated rings. The summed E-state index contributed by atoms with van der Waals surface area (Å²) in [5.74, 6) is 0.221. The van der Waals surface area contributed by atoms with E-state index in [4.69, 9.17) is 0 Å². The lowest BCUT2D eigenvalue weighted by Crippen LogP contribution is -2.53. The molecule has 1 heterocycles. The average molecular weight is 433 g/mol. The zero-order valence-electron chi connectivity index (χ0n) is 18.9. The molecule has 3 amide bonds. The summed E-state index contributed by atoms with van der Waals surface area (Å²) in [6.45, 7) is 2.90. The zero-order valence-corrected chi connectivity index (χ0v) is 18.9. The Hall–Kier alpha value is -2.15. The van der Waals surface area contributed by atoms with Crippen LogP contribution in [0.3, 0.4) is 0 Å². The van der Waals surface area contributed by atoms with E-state index in [2.05, 4.69) is 10.6 Å². The molecule has 0 unspecified atom stereocenters. The molecule has 0 radical (unpaired) electrons. The molecule has 1 aromatic rings. The number of hydrogen-bond donors (Lipinski definition) is 2. The number of hydrogen-bond acceptors (Lipinski definition) is 3. The summed E-state index contributed by atoms with van der Waals surface area (Å²) >= 11 is 0. The first-order chi connectivity index (χ1) is 14.9. The number of halogens is 1. The van der Waals surface area contributed by atoms with Gasteiger partial charge in [0.25, 0.3) is 0 Å². The Balaban J connectivity index is 1.54. The van der Waals surface area contributed by atoms with E-state index in [1.807, 2.05) is 36.0 Å². The fourth-order valence-electron chi connectivity index (χ4n) is 4.83. The van der Waals surface area contributed by atoms with E-state index in [0.29, 0.717) is 12.5 Å². The van der Waals surface area contributed by atoms with Crippen LogP contribution in [0.15, 0.2) is 24.3 Å². The molecule has 1 aliphatic heterocycles. The Labute approximate surface area is 185 Å². The van der Waals surface area contributed by atoms with Crippen LogP contribution >= 0.6 is 0 Å². The molecule has 1 saturated heterocycles. The van der Waals surface area contributed by atoms with E-state index in [1.54, 1.807) is 0 Å². The van der Waals surface area contributed by atoms with Crippen molar-refractivity contribution in [2.24, 2.45) is 11.8 Å². The van der Waals surface area contributed by atoms with Gasteiger partial charge in [0, 0.05) is 32.2 Å². The maximum Gasteiger partial charge on any atom is 0.315 e. The number of carbonyl (C=O) groups is 2. The number of urea groups is 1. The van der Waals surface area contributed by atoms with Crippen molar-refractivity contribution in [3.8, 4) is 0 Å². The second-order valence-electron chi connectivity index (χ2n) is 9.32. The number of amides is 3. The monoisotopic (exact) mass is 432 g/mol. The molecule has 0 bridgehead atoms. The molecular formula is C24H37FN4O2. The van der Waals surface area contributed by atoms with Gasteiger partial charge in [-0.25, -0.2) is 9.18 Å². The Morgan fingerprint density at radius 3 is 2.58 bits per heavy atom. The Bertz CT molecular complexity index is 725. The summed E-state index contributed by atoms with van der Waals surface area (Å²) in [5, 5.41) is 5.96. The summed E-state index contributed by atoms with van der Waals surface area (Å²) in [7, 11) is 3.94. The summed E-state index contributed by atoms with van der Waals surface area (Å²) < 4.78 is 13.2. The van der Waals surface area contributed by atoms with E-state index in [-0.39, 0.29) is 29.7 Å². The van der Waals surface area contributed by atoms with Gasteiger partial charge in [-0.15, -0.1) is 0 Å². The Morgan fingerprint density at radius 2 is 1.84 bits per heavy atom. The van der Waals surface area contributed by atoms with Crippen molar-refractivity contribution in [2.45, 2.75) is 51.0 Å². The number of nitrogens with one attached hydrogen (secondary N) is 2. The maximum absolute atomic E-state index is 13.4. The lowest BCUT2D eigenvalue weighted by atomic mass is 9.82. The number of likely N-dealkylation sites (tertiary alicyclic amines) is 1. The van der Waals surface area contributed by atoms with Crippen molar-refractivity contribution in [3.63, 3.8) is 0 Å². The van der Waals surface area contributed by atoms with Crippen LogP contribution in [0.4, 0.5) is 9.18 Å². The quantitative estimate of drug-likeness (QED) is 0.696. The van der Waals surface area contributed by atoms with Gasteiger partial charge in [0.1, 0.15) is 5.82 Å². The smallest absolute Gasteiger partial charge is 0.315 e. The van der Waals surface area contributed by atoms with E-state index in [1.165, 1.54) is 12.1 Å². The normalized spacial score (nSPS) is 24.1. The van der Waals surface area contributed by atoms with Gasteiger partial charge in [0.05, 0.1) is 5.92 Å². The predicted molar refractivity (Wildman–Crippen MR) is 120 cm³/mol. The highest BCUT2D eigenvalue weighted by Gasteiger charge is 2.36. The first-order valence-corrected chi connectivity index (χ1v) is 11.6. The van der Waals surface area contributed by atoms with Crippen LogP contribution in [-0.2, 0) is 11.2 Å². The topological polar surface area (TPSA) is 64.7 Å². The van der Waals surface area contributed by atoms with Gasteiger partial charge in [0.15, 0.2) is 0 Å². The van der Waals surface area contributed by atoms with Crippen molar-refractivity contribution in [2.75, 3.05) is 40.3 Å². The van der Waals surface area contributed by atoms with Gasteiger partial charge < -0.3 is 20.4 Å². The number of piperidine rings is 1. The van der Waals surface area contributed by atoms with Crippen molar-refractivity contribution in [1.82, 2.24) is 20.4 Å². The fraction of sp³-hybridized carbons (Fsp3) is 0.667. The van der Waals surface area contributed by atoms with Crippen LogP contribution in [-0.4, -0.2) is 68.1 Å². The summed E-state index contributed by atoms with van der Waals surface area (Å²) in [6, 6.07) is 6.40. The molecule has 1 saturated carbocycles. The summed E-state index contributed by atoms with van der Waals surface area (Å²) in [6.07, 6.45) is 6.70. The third-order valence-electron chi connectivity index (χ3n) is 6.51. The van der Waals surface area contributed by atoms with Crippen molar-refractivity contribution in [3.05, 3.63) is 35.6 Å². The minimum absolute atomic E-state index is 0.0990. The van der Waals surface area contributed by atoms with E-state index >= 15 is 0 Å². The molecule has 7 heteroatoms. The van der Waals surface area contributed by atoms with E-state index in [0.717, 1.165) is 70.1 Å². The largest absolute Gasteiger partial charge is 0.342 e. The lowest BCUT2D eigenvalue weighted by molar-refractivity contribution is -0.139. The third kappa shape index (κ3) is 7.20. The lowest BCUT2D eigenvalue weighted by Gasteiger charge is -2.39. The van der Waals surface area contributed by atoms with Crippen LogP contribution in [0.1, 0.15) is 44.1 Å². The second kappa shape index (κ2) is 11.5. The Kier molecular flexibility index (Phi) is 8.69. The number of likely N-dealkylation sites (N-methyl/N-ethyl adjacent to an activating group) is 1. The number of benzene rings is 1. The predicted octanol–water partition coefficient (Wildman–Crippen LogP) is 3.03. The average Bonchev–Trinajstić information content (AvgIpc) is 2.75. The number of carbonyl (C=O) groups excluding carboxylic acids is 2. The number of nitrogens with zero attached hydrogens (tertiary/aromatic N) is 2. The molecule has 2 aliphatic rings. The molecule has 1 aromatic carbocycles. The molecule has 172 valence electrons. The highest BCUT2D eigenvalue weighted by atomic mass is 19.1. The van der Waals surface area contributed by atoms with Crippen LogP contribution < -0.4 is 10.6 Å². The van der Waals surface area contributed by atoms with Gasteiger partial charge >= 0.3 is 6.03 Å². The van der Waals surface area contributed by atoms with Gasteiger partial charge in [-0.2, -0.15) is 0 Å². The molecule has 6 nitrogen and oxygen atoms in total. The second-order valence-corrected chi connectivity index (χ2v) is 9.32. The summed E-state index contributed by atoms with van der Waals surface area (Å²) in [4.78, 5) is 29.7.